The van der Waals surface area contributed by atoms with Crippen LogP contribution in [0.4, 0.5) is 8.78 Å². The zero-order chi connectivity index (χ0) is 15.4. The third kappa shape index (κ3) is 4.34. The van der Waals surface area contributed by atoms with Gasteiger partial charge in [-0.3, -0.25) is 0 Å². The van der Waals surface area contributed by atoms with Crippen molar-refractivity contribution in [3.8, 4) is 0 Å². The molecular weight excluding hydrogens is 404 g/mol. The Labute approximate surface area is 140 Å². The molecule has 0 bridgehead atoms. The summed E-state index contributed by atoms with van der Waals surface area (Å²) >= 11 is 6.58. The van der Waals surface area contributed by atoms with Crippen molar-refractivity contribution in [2.45, 2.75) is 19.4 Å². The summed E-state index contributed by atoms with van der Waals surface area (Å²) in [6, 6.07) is 9.68. The predicted octanol–water partition coefficient (Wildman–Crippen LogP) is 5.38. The highest BCUT2D eigenvalue weighted by molar-refractivity contribution is 9.10. The fourth-order valence-corrected chi connectivity index (χ4v) is 3.17. The van der Waals surface area contributed by atoms with E-state index in [0.29, 0.717) is 15.4 Å². The van der Waals surface area contributed by atoms with Crippen LogP contribution in [0.1, 0.15) is 24.1 Å². The first-order chi connectivity index (χ1) is 10.0. The molecule has 2 rings (SSSR count). The van der Waals surface area contributed by atoms with Crippen molar-refractivity contribution < 1.29 is 8.78 Å². The maximum atomic E-state index is 13.6. The highest BCUT2D eigenvalue weighted by Gasteiger charge is 2.15. The maximum absolute atomic E-state index is 13.6. The van der Waals surface area contributed by atoms with E-state index in [9.17, 15) is 8.78 Å². The minimum Gasteiger partial charge on any atom is -0.310 e. The molecular formula is C16H15Br2F2N. The van der Waals surface area contributed by atoms with Crippen molar-refractivity contribution in [1.82, 2.24) is 5.32 Å². The van der Waals surface area contributed by atoms with Crippen LogP contribution in [0.25, 0.3) is 0 Å². The van der Waals surface area contributed by atoms with E-state index in [1.165, 1.54) is 18.2 Å². The lowest BCUT2D eigenvalue weighted by Gasteiger charge is -2.20. The Kier molecular flexibility index (Phi) is 5.90. The SMILES string of the molecule is CCNC(Cc1cccc(F)c1Br)c1cc(F)cc(Br)c1. The predicted molar refractivity (Wildman–Crippen MR) is 88.3 cm³/mol. The molecule has 0 aromatic heterocycles. The first-order valence-electron chi connectivity index (χ1n) is 6.63. The van der Waals surface area contributed by atoms with Gasteiger partial charge in [0.25, 0.3) is 0 Å². The standard InChI is InChI=1S/C16H15Br2F2N/c1-2-21-15(11-6-12(17)9-13(19)7-11)8-10-4-3-5-14(20)16(10)18/h3-7,9,15,21H,2,8H2,1H3. The van der Waals surface area contributed by atoms with Crippen molar-refractivity contribution in [3.05, 3.63) is 68.1 Å². The Morgan fingerprint density at radius 1 is 1.14 bits per heavy atom. The zero-order valence-electron chi connectivity index (χ0n) is 11.5. The van der Waals surface area contributed by atoms with Crippen molar-refractivity contribution in [3.63, 3.8) is 0 Å². The minimum atomic E-state index is -0.291. The molecule has 0 radical (unpaired) electrons. The van der Waals surface area contributed by atoms with Crippen molar-refractivity contribution in [1.29, 1.82) is 0 Å². The molecule has 0 spiro atoms. The molecule has 0 fully saturated rings. The lowest BCUT2D eigenvalue weighted by molar-refractivity contribution is 0.538. The van der Waals surface area contributed by atoms with Gasteiger partial charge in [0.05, 0.1) is 4.47 Å². The zero-order valence-corrected chi connectivity index (χ0v) is 14.6. The van der Waals surface area contributed by atoms with Crippen LogP contribution < -0.4 is 5.32 Å². The van der Waals surface area contributed by atoms with Crippen molar-refractivity contribution in [2.24, 2.45) is 0 Å². The van der Waals surface area contributed by atoms with Gasteiger partial charge >= 0.3 is 0 Å². The summed E-state index contributed by atoms with van der Waals surface area (Å²) in [4.78, 5) is 0. The number of hydrogen-bond donors (Lipinski definition) is 1. The van der Waals surface area contributed by atoms with E-state index in [1.54, 1.807) is 6.07 Å². The molecule has 0 aliphatic heterocycles. The van der Waals surface area contributed by atoms with Crippen LogP contribution in [-0.2, 0) is 6.42 Å². The fourth-order valence-electron chi connectivity index (χ4n) is 2.26. The van der Waals surface area contributed by atoms with Crippen molar-refractivity contribution in [2.75, 3.05) is 6.54 Å². The molecule has 1 nitrogen and oxygen atoms in total. The molecule has 0 aliphatic carbocycles. The molecule has 2 aromatic carbocycles. The number of rotatable bonds is 5. The van der Waals surface area contributed by atoms with E-state index in [2.05, 4.69) is 37.2 Å². The molecule has 0 aliphatic rings. The summed E-state index contributed by atoms with van der Waals surface area (Å²) in [6.45, 7) is 2.73. The van der Waals surface area contributed by atoms with Gasteiger partial charge in [0.15, 0.2) is 0 Å². The second-order valence-corrected chi connectivity index (χ2v) is 6.44. The van der Waals surface area contributed by atoms with Crippen LogP contribution >= 0.6 is 31.9 Å². The number of hydrogen-bond acceptors (Lipinski definition) is 1. The summed E-state index contributed by atoms with van der Waals surface area (Å²) in [5.41, 5.74) is 1.68. The summed E-state index contributed by atoms with van der Waals surface area (Å²) in [5.74, 6) is -0.580. The topological polar surface area (TPSA) is 12.0 Å². The number of nitrogens with one attached hydrogen (secondary N) is 1. The van der Waals surface area contributed by atoms with Gasteiger partial charge < -0.3 is 5.32 Å². The molecule has 0 saturated carbocycles. The Morgan fingerprint density at radius 2 is 1.90 bits per heavy atom. The normalized spacial score (nSPS) is 12.4. The fraction of sp³-hybridized carbons (Fsp3) is 0.250. The highest BCUT2D eigenvalue weighted by atomic mass is 79.9. The largest absolute Gasteiger partial charge is 0.310 e. The van der Waals surface area contributed by atoms with Crippen LogP contribution in [0.15, 0.2) is 45.3 Å². The summed E-state index contributed by atoms with van der Waals surface area (Å²) in [5, 5.41) is 3.32. The average molecular weight is 419 g/mol. The molecule has 5 heteroatoms. The first kappa shape index (κ1) is 16.6. The molecule has 21 heavy (non-hydrogen) atoms. The average Bonchev–Trinajstić information content (AvgIpc) is 2.42. The molecule has 112 valence electrons. The summed E-state index contributed by atoms with van der Waals surface area (Å²) in [7, 11) is 0. The van der Waals surface area contributed by atoms with Crippen LogP contribution in [0.2, 0.25) is 0 Å². The molecule has 0 saturated heterocycles. The number of halogens is 4. The number of likely N-dealkylation sites (N-methyl/N-ethyl adjacent to an activating group) is 1. The van der Waals surface area contributed by atoms with Gasteiger partial charge in [0.2, 0.25) is 0 Å². The summed E-state index contributed by atoms with van der Waals surface area (Å²) < 4.78 is 28.3. The van der Waals surface area contributed by atoms with Crippen LogP contribution in [0.3, 0.4) is 0 Å². The van der Waals surface area contributed by atoms with E-state index in [-0.39, 0.29) is 17.7 Å². The van der Waals surface area contributed by atoms with Gasteiger partial charge in [-0.05, 0) is 64.3 Å². The maximum Gasteiger partial charge on any atom is 0.137 e. The molecule has 1 atom stereocenters. The second kappa shape index (κ2) is 7.47. The lowest BCUT2D eigenvalue weighted by atomic mass is 9.98. The van der Waals surface area contributed by atoms with Gasteiger partial charge in [0.1, 0.15) is 11.6 Å². The van der Waals surface area contributed by atoms with E-state index in [4.69, 9.17) is 0 Å². The Bertz CT molecular complexity index is 611. The highest BCUT2D eigenvalue weighted by Crippen LogP contribution is 2.28. The monoisotopic (exact) mass is 417 g/mol. The quantitative estimate of drug-likeness (QED) is 0.686. The van der Waals surface area contributed by atoms with Gasteiger partial charge in [-0.15, -0.1) is 0 Å². The molecule has 0 heterocycles. The second-order valence-electron chi connectivity index (χ2n) is 4.73. The third-order valence-electron chi connectivity index (χ3n) is 3.19. The van der Waals surface area contributed by atoms with Crippen molar-refractivity contribution >= 4 is 31.9 Å². The third-order valence-corrected chi connectivity index (χ3v) is 4.54. The van der Waals surface area contributed by atoms with Crippen LogP contribution in [0, 0.1) is 11.6 Å². The van der Waals surface area contributed by atoms with Gasteiger partial charge in [-0.1, -0.05) is 35.0 Å². The Balaban J connectivity index is 2.32. The number of benzene rings is 2. The Morgan fingerprint density at radius 3 is 2.57 bits per heavy atom. The van der Waals surface area contributed by atoms with E-state index >= 15 is 0 Å². The molecule has 1 unspecified atom stereocenters. The van der Waals surface area contributed by atoms with Gasteiger partial charge in [-0.2, -0.15) is 0 Å². The van der Waals surface area contributed by atoms with E-state index < -0.39 is 0 Å². The van der Waals surface area contributed by atoms with E-state index in [0.717, 1.165) is 17.7 Å². The van der Waals surface area contributed by atoms with Gasteiger partial charge in [-0.25, -0.2) is 8.78 Å². The lowest BCUT2D eigenvalue weighted by Crippen LogP contribution is -2.23. The van der Waals surface area contributed by atoms with Gasteiger partial charge in [0, 0.05) is 10.5 Å². The smallest absolute Gasteiger partial charge is 0.137 e. The Hall–Kier alpha value is -0.780. The molecule has 1 N–H and O–H groups in total. The molecule has 0 amide bonds. The van der Waals surface area contributed by atoms with Crippen LogP contribution in [-0.4, -0.2) is 6.54 Å². The minimum absolute atomic E-state index is 0.0832. The summed E-state index contributed by atoms with van der Waals surface area (Å²) in [6.07, 6.45) is 0.572. The first-order valence-corrected chi connectivity index (χ1v) is 8.22. The van der Waals surface area contributed by atoms with Crippen LogP contribution in [0.5, 0.6) is 0 Å². The molecule has 2 aromatic rings. The van der Waals surface area contributed by atoms with E-state index in [1.807, 2.05) is 19.1 Å².